The highest BCUT2D eigenvalue weighted by Crippen LogP contribution is 2.10. The smallest absolute Gasteiger partial charge is 0.222 e. The third-order valence-electron chi connectivity index (χ3n) is 3.06. The number of hydrogen-bond acceptors (Lipinski definition) is 3. The molecule has 0 spiro atoms. The lowest BCUT2D eigenvalue weighted by Crippen LogP contribution is -2.27. The van der Waals surface area contributed by atoms with Crippen LogP contribution in [-0.2, 0) is 11.3 Å². The molecule has 2 aromatic rings. The molecule has 0 fully saturated rings. The van der Waals surface area contributed by atoms with Gasteiger partial charge in [0.05, 0.1) is 17.9 Å². The van der Waals surface area contributed by atoms with Gasteiger partial charge in [0, 0.05) is 5.92 Å². The van der Waals surface area contributed by atoms with Crippen LogP contribution in [0.25, 0.3) is 5.69 Å². The Morgan fingerprint density at radius 1 is 1.30 bits per heavy atom. The molecule has 106 valence electrons. The quantitative estimate of drug-likeness (QED) is 0.927. The van der Waals surface area contributed by atoms with Crippen LogP contribution < -0.4 is 5.32 Å². The normalized spacial score (nSPS) is 10.8. The lowest BCUT2D eigenvalue weighted by molar-refractivity contribution is -0.124. The second-order valence-corrected chi connectivity index (χ2v) is 5.23. The summed E-state index contributed by atoms with van der Waals surface area (Å²) in [7, 11) is 0. The van der Waals surface area contributed by atoms with E-state index < -0.39 is 0 Å². The summed E-state index contributed by atoms with van der Waals surface area (Å²) >= 11 is 0. The van der Waals surface area contributed by atoms with E-state index in [2.05, 4.69) is 15.5 Å². The lowest BCUT2D eigenvalue weighted by Gasteiger charge is -2.05. The molecule has 0 unspecified atom stereocenters. The fourth-order valence-electron chi connectivity index (χ4n) is 1.81. The SMILES string of the molecule is Cc1cccc(-n2nc(C)c(CNC(=O)C(C)C)n2)c1. The molecular formula is C15H20N4O. The van der Waals surface area contributed by atoms with Gasteiger partial charge in [-0.15, -0.1) is 0 Å². The van der Waals surface area contributed by atoms with Crippen molar-refractivity contribution >= 4 is 5.91 Å². The molecule has 1 heterocycles. The highest BCUT2D eigenvalue weighted by Gasteiger charge is 2.11. The van der Waals surface area contributed by atoms with Crippen molar-refractivity contribution in [3.63, 3.8) is 0 Å². The third-order valence-corrected chi connectivity index (χ3v) is 3.06. The summed E-state index contributed by atoms with van der Waals surface area (Å²) in [6, 6.07) is 7.99. The number of carbonyl (C=O) groups is 1. The first kappa shape index (κ1) is 14.2. The summed E-state index contributed by atoms with van der Waals surface area (Å²) < 4.78 is 0. The molecule has 1 amide bonds. The van der Waals surface area contributed by atoms with Crippen LogP contribution >= 0.6 is 0 Å². The molecule has 5 nitrogen and oxygen atoms in total. The molecule has 0 atom stereocenters. The molecule has 0 saturated heterocycles. The predicted molar refractivity (Wildman–Crippen MR) is 77.5 cm³/mol. The van der Waals surface area contributed by atoms with Crippen molar-refractivity contribution in [2.75, 3.05) is 0 Å². The van der Waals surface area contributed by atoms with Gasteiger partial charge in [-0.05, 0) is 31.5 Å². The van der Waals surface area contributed by atoms with Crippen LogP contribution in [0.3, 0.4) is 0 Å². The van der Waals surface area contributed by atoms with Gasteiger partial charge in [-0.1, -0.05) is 26.0 Å². The maximum absolute atomic E-state index is 11.6. The first-order valence-electron chi connectivity index (χ1n) is 6.75. The van der Waals surface area contributed by atoms with Crippen molar-refractivity contribution in [1.29, 1.82) is 0 Å². The van der Waals surface area contributed by atoms with E-state index in [1.165, 1.54) is 0 Å². The van der Waals surface area contributed by atoms with Gasteiger partial charge in [0.15, 0.2) is 0 Å². The number of nitrogens with zero attached hydrogens (tertiary/aromatic N) is 3. The van der Waals surface area contributed by atoms with Gasteiger partial charge in [0.25, 0.3) is 0 Å². The van der Waals surface area contributed by atoms with Gasteiger partial charge >= 0.3 is 0 Å². The zero-order chi connectivity index (χ0) is 14.7. The Balaban J connectivity index is 2.15. The summed E-state index contributed by atoms with van der Waals surface area (Å²) in [5, 5.41) is 11.7. The molecule has 0 aliphatic carbocycles. The van der Waals surface area contributed by atoms with Gasteiger partial charge in [-0.2, -0.15) is 15.0 Å². The van der Waals surface area contributed by atoms with E-state index in [-0.39, 0.29) is 11.8 Å². The van der Waals surface area contributed by atoms with E-state index in [0.29, 0.717) is 6.54 Å². The van der Waals surface area contributed by atoms with Crippen molar-refractivity contribution in [3.05, 3.63) is 41.2 Å². The van der Waals surface area contributed by atoms with Crippen molar-refractivity contribution < 1.29 is 4.79 Å². The van der Waals surface area contributed by atoms with Gasteiger partial charge in [-0.3, -0.25) is 4.79 Å². The monoisotopic (exact) mass is 272 g/mol. The number of amides is 1. The van der Waals surface area contributed by atoms with Gasteiger partial charge in [-0.25, -0.2) is 0 Å². The maximum atomic E-state index is 11.6. The largest absolute Gasteiger partial charge is 0.350 e. The van der Waals surface area contributed by atoms with E-state index >= 15 is 0 Å². The molecule has 1 aromatic heterocycles. The minimum atomic E-state index is -0.0258. The molecule has 1 N–H and O–H groups in total. The predicted octanol–water partition coefficient (Wildman–Crippen LogP) is 2.16. The number of hydrogen-bond donors (Lipinski definition) is 1. The van der Waals surface area contributed by atoms with E-state index in [9.17, 15) is 4.79 Å². The van der Waals surface area contributed by atoms with Crippen LogP contribution in [-0.4, -0.2) is 20.9 Å². The summed E-state index contributed by atoms with van der Waals surface area (Å²) in [6.07, 6.45) is 0. The number of carbonyl (C=O) groups excluding carboxylic acids is 1. The van der Waals surface area contributed by atoms with E-state index in [1.54, 1.807) is 4.80 Å². The van der Waals surface area contributed by atoms with Crippen molar-refractivity contribution in [2.45, 2.75) is 34.2 Å². The van der Waals surface area contributed by atoms with E-state index in [4.69, 9.17) is 0 Å². The Morgan fingerprint density at radius 2 is 2.05 bits per heavy atom. The molecule has 5 heteroatoms. The molecular weight excluding hydrogens is 252 g/mol. The Labute approximate surface area is 119 Å². The summed E-state index contributed by atoms with van der Waals surface area (Å²) in [4.78, 5) is 13.2. The van der Waals surface area contributed by atoms with Crippen LogP contribution in [0.5, 0.6) is 0 Å². The van der Waals surface area contributed by atoms with Crippen LogP contribution in [0.15, 0.2) is 24.3 Å². The maximum Gasteiger partial charge on any atom is 0.222 e. The average molecular weight is 272 g/mol. The highest BCUT2D eigenvalue weighted by molar-refractivity contribution is 5.77. The van der Waals surface area contributed by atoms with E-state index in [0.717, 1.165) is 22.6 Å². The van der Waals surface area contributed by atoms with Crippen LogP contribution in [0.1, 0.15) is 30.8 Å². The van der Waals surface area contributed by atoms with Crippen molar-refractivity contribution in [1.82, 2.24) is 20.3 Å². The Kier molecular flexibility index (Phi) is 4.17. The third kappa shape index (κ3) is 3.23. The fraction of sp³-hybridized carbons (Fsp3) is 0.400. The van der Waals surface area contributed by atoms with Crippen molar-refractivity contribution in [3.8, 4) is 5.69 Å². The number of nitrogens with one attached hydrogen (secondary N) is 1. The molecule has 2 rings (SSSR count). The number of benzene rings is 1. The van der Waals surface area contributed by atoms with Crippen LogP contribution in [0.2, 0.25) is 0 Å². The molecule has 1 aromatic carbocycles. The Hall–Kier alpha value is -2.17. The number of aryl methyl sites for hydroxylation is 2. The standard InChI is InChI=1S/C15H20N4O/c1-10(2)15(20)16-9-14-12(4)17-19(18-14)13-7-5-6-11(3)8-13/h5-8,10H,9H2,1-4H3,(H,16,20). The molecule has 0 aliphatic heterocycles. The molecule has 0 radical (unpaired) electrons. The van der Waals surface area contributed by atoms with Gasteiger partial charge in [0.1, 0.15) is 5.69 Å². The number of rotatable bonds is 4. The first-order valence-corrected chi connectivity index (χ1v) is 6.75. The first-order chi connectivity index (χ1) is 9.47. The molecule has 0 bridgehead atoms. The molecule has 0 aliphatic rings. The fourth-order valence-corrected chi connectivity index (χ4v) is 1.81. The van der Waals surface area contributed by atoms with E-state index in [1.807, 2.05) is 52.0 Å². The zero-order valence-corrected chi connectivity index (χ0v) is 12.3. The van der Waals surface area contributed by atoms with Gasteiger partial charge in [0.2, 0.25) is 5.91 Å². The Bertz CT molecular complexity index is 616. The average Bonchev–Trinajstić information content (AvgIpc) is 2.77. The Morgan fingerprint density at radius 3 is 2.70 bits per heavy atom. The summed E-state index contributed by atoms with van der Waals surface area (Å²) in [5.74, 6) is -0.00312. The van der Waals surface area contributed by atoms with Crippen molar-refractivity contribution in [2.24, 2.45) is 5.92 Å². The summed E-state index contributed by atoms with van der Waals surface area (Å²) in [6.45, 7) is 8.08. The van der Waals surface area contributed by atoms with Crippen LogP contribution in [0.4, 0.5) is 0 Å². The lowest BCUT2D eigenvalue weighted by atomic mass is 10.2. The second kappa shape index (κ2) is 5.86. The summed E-state index contributed by atoms with van der Waals surface area (Å²) in [5.41, 5.74) is 3.71. The number of aromatic nitrogens is 3. The highest BCUT2D eigenvalue weighted by atomic mass is 16.1. The van der Waals surface area contributed by atoms with Gasteiger partial charge < -0.3 is 5.32 Å². The molecule has 20 heavy (non-hydrogen) atoms. The topological polar surface area (TPSA) is 59.8 Å². The molecule has 0 saturated carbocycles. The second-order valence-electron chi connectivity index (χ2n) is 5.23. The zero-order valence-electron chi connectivity index (χ0n) is 12.3. The van der Waals surface area contributed by atoms with Crippen LogP contribution in [0, 0.1) is 19.8 Å². The minimum Gasteiger partial charge on any atom is -0.350 e. The minimum absolute atomic E-state index is 0.0227.